The number of phosphoric acid groups is 1. The predicted molar refractivity (Wildman–Crippen MR) is 213 cm³/mol. The van der Waals surface area contributed by atoms with E-state index >= 15 is 0 Å². The highest BCUT2D eigenvalue weighted by molar-refractivity contribution is 7.45. The van der Waals surface area contributed by atoms with Crippen molar-refractivity contribution in [1.82, 2.24) is 0 Å². The van der Waals surface area contributed by atoms with Crippen molar-refractivity contribution in [2.45, 2.75) is 200 Å². The van der Waals surface area contributed by atoms with Crippen LogP contribution in [0.3, 0.4) is 0 Å². The first-order valence-corrected chi connectivity index (χ1v) is 22.9. The fourth-order valence-corrected chi connectivity index (χ4v) is 6.61. The monoisotopic (exact) mass is 760 g/mol. The predicted octanol–water partition coefficient (Wildman–Crippen LogP) is 11.2. The zero-order valence-electron chi connectivity index (χ0n) is 34.5. The highest BCUT2D eigenvalue weighted by Gasteiger charge is 2.21. The molecule has 0 saturated heterocycles. The number of rotatable bonds is 39. The largest absolute Gasteiger partial charge is 0.756 e. The van der Waals surface area contributed by atoms with Crippen LogP contribution < -0.4 is 4.89 Å². The molecule has 0 heterocycles. The SMILES string of the molecule is CCCCCCCCC/C=C\CCCCCCCC(=O)OC(COC(=O)CCCCCCCCCCCCCC)COP(=O)([O-])OCC[N+](C)(C)C. The van der Waals surface area contributed by atoms with Gasteiger partial charge in [0.05, 0.1) is 27.7 Å². The first-order valence-electron chi connectivity index (χ1n) is 21.4. The number of hydrogen-bond acceptors (Lipinski definition) is 8. The Kier molecular flexibility index (Phi) is 34.6. The maximum Gasteiger partial charge on any atom is 0.306 e. The molecule has 0 saturated carbocycles. The van der Waals surface area contributed by atoms with Crippen LogP contribution >= 0.6 is 7.82 Å². The minimum Gasteiger partial charge on any atom is -0.756 e. The number of unbranched alkanes of at least 4 members (excludes halogenated alkanes) is 23. The van der Waals surface area contributed by atoms with Crippen LogP contribution in [0.2, 0.25) is 0 Å². The lowest BCUT2D eigenvalue weighted by Crippen LogP contribution is -2.37. The molecule has 0 spiro atoms. The second-order valence-corrected chi connectivity index (χ2v) is 17.1. The van der Waals surface area contributed by atoms with Gasteiger partial charge in [0.2, 0.25) is 0 Å². The van der Waals surface area contributed by atoms with Gasteiger partial charge in [-0.15, -0.1) is 0 Å². The minimum atomic E-state index is -4.62. The maximum atomic E-state index is 12.6. The van der Waals surface area contributed by atoms with Crippen LogP contribution in [-0.4, -0.2) is 70.0 Å². The van der Waals surface area contributed by atoms with Crippen molar-refractivity contribution in [3.8, 4) is 0 Å². The van der Waals surface area contributed by atoms with Crippen LogP contribution in [0.25, 0.3) is 0 Å². The summed E-state index contributed by atoms with van der Waals surface area (Å²) in [5.74, 6) is -0.837. The molecule has 0 aromatic rings. The van der Waals surface area contributed by atoms with E-state index in [2.05, 4.69) is 26.0 Å². The van der Waals surface area contributed by atoms with E-state index in [1.165, 1.54) is 109 Å². The number of quaternary nitrogens is 1. The molecule has 308 valence electrons. The smallest absolute Gasteiger partial charge is 0.306 e. The quantitative estimate of drug-likeness (QED) is 0.0200. The van der Waals surface area contributed by atoms with Crippen molar-refractivity contribution in [1.29, 1.82) is 0 Å². The lowest BCUT2D eigenvalue weighted by molar-refractivity contribution is -0.870. The van der Waals surface area contributed by atoms with Gasteiger partial charge in [-0.3, -0.25) is 14.2 Å². The standard InChI is InChI=1S/C42H82NO8P/c1-6-8-10-12-14-16-18-20-21-22-23-25-27-29-31-33-35-42(45)51-40(39-50-52(46,47)49-37-36-43(3,4)5)38-48-41(44)34-32-30-28-26-24-19-17-15-13-11-9-7-2/h21-22,40H,6-20,23-39H2,1-5H3/b22-21-. The Bertz CT molecular complexity index is 907. The Labute approximate surface area is 320 Å². The molecule has 0 amide bonds. The van der Waals surface area contributed by atoms with Gasteiger partial charge < -0.3 is 27.9 Å². The second-order valence-electron chi connectivity index (χ2n) is 15.7. The molecule has 9 nitrogen and oxygen atoms in total. The summed E-state index contributed by atoms with van der Waals surface area (Å²) in [6.07, 6.45) is 35.2. The first-order chi connectivity index (χ1) is 25.0. The Hall–Kier alpha value is -1.25. The zero-order valence-corrected chi connectivity index (χ0v) is 35.4. The minimum absolute atomic E-state index is 0.0295. The van der Waals surface area contributed by atoms with Crippen LogP contribution in [-0.2, 0) is 32.7 Å². The molecule has 0 rings (SSSR count). The van der Waals surface area contributed by atoms with Crippen molar-refractivity contribution in [3.05, 3.63) is 12.2 Å². The maximum absolute atomic E-state index is 12.6. The zero-order chi connectivity index (χ0) is 38.6. The van der Waals surface area contributed by atoms with E-state index in [0.29, 0.717) is 17.4 Å². The Morgan fingerprint density at radius 2 is 0.981 bits per heavy atom. The van der Waals surface area contributed by atoms with E-state index in [1.54, 1.807) is 0 Å². The van der Waals surface area contributed by atoms with E-state index in [9.17, 15) is 19.0 Å². The van der Waals surface area contributed by atoms with Crippen molar-refractivity contribution < 1.29 is 42.1 Å². The molecule has 0 aromatic carbocycles. The highest BCUT2D eigenvalue weighted by atomic mass is 31.2. The lowest BCUT2D eigenvalue weighted by atomic mass is 10.0. The topological polar surface area (TPSA) is 111 Å². The van der Waals surface area contributed by atoms with Gasteiger partial charge in [0.25, 0.3) is 7.82 Å². The fraction of sp³-hybridized carbons (Fsp3) is 0.905. The summed E-state index contributed by atoms with van der Waals surface area (Å²) in [4.78, 5) is 37.4. The van der Waals surface area contributed by atoms with E-state index < -0.39 is 26.5 Å². The van der Waals surface area contributed by atoms with Crippen LogP contribution in [0.15, 0.2) is 12.2 Å². The number of carbonyl (C=O) groups is 2. The Balaban J connectivity index is 4.37. The molecule has 0 radical (unpaired) electrons. The molecule has 0 aliphatic heterocycles. The van der Waals surface area contributed by atoms with Gasteiger partial charge in [0.1, 0.15) is 19.8 Å². The number of phosphoric ester groups is 1. The number of allylic oxidation sites excluding steroid dienone is 2. The van der Waals surface area contributed by atoms with E-state index in [-0.39, 0.29) is 32.0 Å². The van der Waals surface area contributed by atoms with Gasteiger partial charge in [-0.2, -0.15) is 0 Å². The van der Waals surface area contributed by atoms with Gasteiger partial charge in [-0.1, -0.05) is 154 Å². The average molecular weight is 760 g/mol. The van der Waals surface area contributed by atoms with Crippen molar-refractivity contribution in [2.24, 2.45) is 0 Å². The van der Waals surface area contributed by atoms with Crippen LogP contribution in [0.4, 0.5) is 0 Å². The van der Waals surface area contributed by atoms with Crippen molar-refractivity contribution in [3.63, 3.8) is 0 Å². The van der Waals surface area contributed by atoms with E-state index in [4.69, 9.17) is 18.5 Å². The molecule has 2 atom stereocenters. The summed E-state index contributed by atoms with van der Waals surface area (Å²) in [5.41, 5.74) is 0. The molecule has 0 aliphatic carbocycles. The Morgan fingerprint density at radius 1 is 0.577 bits per heavy atom. The molecular formula is C42H82NO8P. The average Bonchev–Trinajstić information content (AvgIpc) is 3.09. The van der Waals surface area contributed by atoms with Crippen LogP contribution in [0.5, 0.6) is 0 Å². The number of hydrogen-bond donors (Lipinski definition) is 0. The second kappa shape index (κ2) is 35.5. The van der Waals surface area contributed by atoms with E-state index in [0.717, 1.165) is 51.4 Å². The molecule has 0 fully saturated rings. The summed E-state index contributed by atoms with van der Waals surface area (Å²) in [7, 11) is 1.17. The molecule has 10 heteroatoms. The summed E-state index contributed by atoms with van der Waals surface area (Å²) in [5, 5.41) is 0. The summed E-state index contributed by atoms with van der Waals surface area (Å²) in [6, 6.07) is 0. The normalized spacial score (nSPS) is 13.7. The third-order valence-corrected chi connectivity index (χ3v) is 10.2. The summed E-state index contributed by atoms with van der Waals surface area (Å²) < 4.78 is 33.8. The summed E-state index contributed by atoms with van der Waals surface area (Å²) in [6.45, 7) is 4.22. The highest BCUT2D eigenvalue weighted by Crippen LogP contribution is 2.38. The third kappa shape index (κ3) is 38.5. The number of likely N-dealkylation sites (N-methyl/N-ethyl adjacent to an activating group) is 1. The molecule has 0 aromatic heterocycles. The number of carbonyl (C=O) groups excluding carboxylic acids is 2. The van der Waals surface area contributed by atoms with Crippen molar-refractivity contribution >= 4 is 19.8 Å². The van der Waals surface area contributed by atoms with Gasteiger partial charge in [0, 0.05) is 12.8 Å². The summed E-state index contributed by atoms with van der Waals surface area (Å²) >= 11 is 0. The van der Waals surface area contributed by atoms with E-state index in [1.807, 2.05) is 21.1 Å². The number of ether oxygens (including phenoxy) is 2. The van der Waals surface area contributed by atoms with Crippen LogP contribution in [0, 0.1) is 0 Å². The molecule has 0 N–H and O–H groups in total. The number of nitrogens with zero attached hydrogens (tertiary/aromatic N) is 1. The van der Waals surface area contributed by atoms with Gasteiger partial charge in [0.15, 0.2) is 6.10 Å². The molecule has 0 bridgehead atoms. The molecule has 2 unspecified atom stereocenters. The van der Waals surface area contributed by atoms with Gasteiger partial charge in [-0.25, -0.2) is 0 Å². The molecule has 52 heavy (non-hydrogen) atoms. The van der Waals surface area contributed by atoms with Gasteiger partial charge >= 0.3 is 11.9 Å². The van der Waals surface area contributed by atoms with Crippen LogP contribution in [0.1, 0.15) is 194 Å². The van der Waals surface area contributed by atoms with Crippen molar-refractivity contribution in [2.75, 3.05) is 47.5 Å². The lowest BCUT2D eigenvalue weighted by Gasteiger charge is -2.28. The Morgan fingerprint density at radius 3 is 1.42 bits per heavy atom. The third-order valence-electron chi connectivity index (χ3n) is 9.29. The number of esters is 2. The molecule has 0 aliphatic rings. The first kappa shape index (κ1) is 50.8. The molecular weight excluding hydrogens is 677 g/mol. The fourth-order valence-electron chi connectivity index (χ4n) is 5.88. The van der Waals surface area contributed by atoms with Gasteiger partial charge in [-0.05, 0) is 38.5 Å².